The molecule has 0 bridgehead atoms. The van der Waals surface area contributed by atoms with E-state index < -0.39 is 17.6 Å². The molecule has 0 radical (unpaired) electrons. The predicted octanol–water partition coefficient (Wildman–Crippen LogP) is 6.00. The Balaban J connectivity index is 1.72. The lowest BCUT2D eigenvalue weighted by Crippen LogP contribution is -2.36. The summed E-state index contributed by atoms with van der Waals surface area (Å²) in [5.41, 5.74) is 1.86. The van der Waals surface area contributed by atoms with Crippen molar-refractivity contribution in [2.75, 3.05) is 0 Å². The maximum absolute atomic E-state index is 14.3. The van der Waals surface area contributed by atoms with E-state index in [9.17, 15) is 19.7 Å². The van der Waals surface area contributed by atoms with Crippen molar-refractivity contribution in [2.24, 2.45) is 23.2 Å². The number of aliphatic hydroxyl groups excluding tert-OH is 1. The lowest BCUT2D eigenvalue weighted by molar-refractivity contribution is -0.0917. The maximum atomic E-state index is 14.3. The van der Waals surface area contributed by atoms with Gasteiger partial charge in [-0.3, -0.25) is 0 Å². The molecule has 176 valence electrons. The molecule has 3 fully saturated rings. The Labute approximate surface area is 188 Å². The summed E-state index contributed by atoms with van der Waals surface area (Å²) in [5, 5.41) is 29.9. The quantitative estimate of drug-likeness (QED) is 0.480. The van der Waals surface area contributed by atoms with Crippen molar-refractivity contribution in [1.29, 1.82) is 0 Å². The summed E-state index contributed by atoms with van der Waals surface area (Å²) in [7, 11) is 0. The van der Waals surface area contributed by atoms with Crippen molar-refractivity contribution in [3.05, 3.63) is 35.5 Å². The second-order valence-electron chi connectivity index (χ2n) is 11.5. The minimum atomic E-state index is -2.51. The Morgan fingerprint density at radius 2 is 2.00 bits per heavy atom. The van der Waals surface area contributed by atoms with E-state index in [1.54, 1.807) is 0 Å². The Morgan fingerprint density at radius 1 is 1.29 bits per heavy atom. The van der Waals surface area contributed by atoms with E-state index in [0.29, 0.717) is 35.2 Å². The van der Waals surface area contributed by atoms with Gasteiger partial charge in [0.2, 0.25) is 5.85 Å². The average molecular weight is 435 g/mol. The summed E-state index contributed by atoms with van der Waals surface area (Å²) < 4.78 is 14.3. The molecule has 0 heterocycles. The summed E-state index contributed by atoms with van der Waals surface area (Å²) in [6, 6.07) is 0. The van der Waals surface area contributed by atoms with Crippen LogP contribution in [0.5, 0.6) is 0 Å². The monoisotopic (exact) mass is 434 g/mol. The molecule has 0 unspecified atom stereocenters. The highest BCUT2D eigenvalue weighted by atomic mass is 19.2. The number of hydrogen-bond acceptors (Lipinski definition) is 3. The smallest absolute Gasteiger partial charge is 0.235 e. The molecule has 3 rings (SSSR count). The van der Waals surface area contributed by atoms with E-state index in [4.69, 9.17) is 0 Å². The van der Waals surface area contributed by atoms with Crippen LogP contribution < -0.4 is 0 Å². The number of halogens is 1. The van der Waals surface area contributed by atoms with Crippen LogP contribution in [0.1, 0.15) is 91.9 Å². The molecule has 0 amide bonds. The fourth-order valence-electron chi connectivity index (χ4n) is 6.78. The standard InChI is InChI=1S/C27H43FO3/c1-18(8-6-14-25(3,4)30)23-12-13-24-20(9-7-15-26(23,24)5)10-11-21-16-22(29)17-27(28,31)19(21)2/h10-11,18,22-24,29-31H,2,6-9,12-17H2,1,3-5H3/b20-10+,21-11-/t18-,22-,23-,24+,26-,27+/m1/s1. The Kier molecular flexibility index (Phi) is 7.25. The Hall–Kier alpha value is -0.970. The fourth-order valence-corrected chi connectivity index (χ4v) is 6.78. The molecule has 0 aromatic carbocycles. The van der Waals surface area contributed by atoms with Crippen molar-refractivity contribution in [1.82, 2.24) is 0 Å². The summed E-state index contributed by atoms with van der Waals surface area (Å²) in [4.78, 5) is 0. The second-order valence-corrected chi connectivity index (χ2v) is 11.5. The van der Waals surface area contributed by atoms with Gasteiger partial charge in [-0.05, 0) is 87.5 Å². The van der Waals surface area contributed by atoms with Crippen LogP contribution in [0.15, 0.2) is 35.5 Å². The number of allylic oxidation sites excluding steroid dienone is 3. The first-order valence-electron chi connectivity index (χ1n) is 12.2. The van der Waals surface area contributed by atoms with Gasteiger partial charge in [-0.2, -0.15) is 0 Å². The van der Waals surface area contributed by atoms with Crippen LogP contribution in [-0.2, 0) is 0 Å². The molecule has 0 saturated heterocycles. The molecule has 0 aromatic heterocycles. The highest BCUT2D eigenvalue weighted by molar-refractivity contribution is 5.40. The van der Waals surface area contributed by atoms with E-state index >= 15 is 0 Å². The van der Waals surface area contributed by atoms with Crippen LogP contribution in [0.2, 0.25) is 0 Å². The third-order valence-corrected chi connectivity index (χ3v) is 8.48. The van der Waals surface area contributed by atoms with Gasteiger partial charge in [-0.15, -0.1) is 0 Å². The fraction of sp³-hybridized carbons (Fsp3) is 0.778. The molecule has 0 spiro atoms. The summed E-state index contributed by atoms with van der Waals surface area (Å²) >= 11 is 0. The predicted molar refractivity (Wildman–Crippen MR) is 124 cm³/mol. The molecular formula is C27H43FO3. The molecule has 6 atom stereocenters. The largest absolute Gasteiger partial charge is 0.393 e. The zero-order valence-electron chi connectivity index (χ0n) is 20.0. The van der Waals surface area contributed by atoms with Gasteiger partial charge in [-0.25, -0.2) is 4.39 Å². The molecule has 4 heteroatoms. The first kappa shape index (κ1) is 24.7. The topological polar surface area (TPSA) is 60.7 Å². The lowest BCUT2D eigenvalue weighted by Gasteiger charge is -2.44. The molecule has 3 aliphatic rings. The third-order valence-electron chi connectivity index (χ3n) is 8.48. The SMILES string of the molecule is C=C1/C(=C\C=C2/CCC[C@]3(C)[C@@H]([C@H](C)CCCC(C)(C)O)CC[C@@H]23)C[C@@H](O)C[C@@]1(O)F. The van der Waals surface area contributed by atoms with Crippen molar-refractivity contribution < 1.29 is 19.7 Å². The number of aliphatic hydroxyl groups is 3. The van der Waals surface area contributed by atoms with Crippen molar-refractivity contribution >= 4 is 0 Å². The van der Waals surface area contributed by atoms with Gasteiger partial charge < -0.3 is 15.3 Å². The molecular weight excluding hydrogens is 391 g/mol. The van der Waals surface area contributed by atoms with Gasteiger partial charge in [0.15, 0.2) is 0 Å². The van der Waals surface area contributed by atoms with Gasteiger partial charge in [0.25, 0.3) is 0 Å². The zero-order chi connectivity index (χ0) is 23.0. The van der Waals surface area contributed by atoms with Crippen molar-refractivity contribution in [3.8, 4) is 0 Å². The van der Waals surface area contributed by atoms with Gasteiger partial charge in [-0.1, -0.05) is 51.0 Å². The van der Waals surface area contributed by atoms with Crippen LogP contribution in [0.25, 0.3) is 0 Å². The van der Waals surface area contributed by atoms with Crippen LogP contribution in [0.3, 0.4) is 0 Å². The molecule has 3 N–H and O–H groups in total. The molecule has 0 aliphatic heterocycles. The highest BCUT2D eigenvalue weighted by Crippen LogP contribution is 2.60. The van der Waals surface area contributed by atoms with E-state index in [2.05, 4.69) is 26.5 Å². The van der Waals surface area contributed by atoms with E-state index in [-0.39, 0.29) is 12.0 Å². The number of alkyl halides is 1. The van der Waals surface area contributed by atoms with Crippen LogP contribution in [-0.4, -0.2) is 32.9 Å². The summed E-state index contributed by atoms with van der Waals surface area (Å²) in [6.07, 6.45) is 12.2. The zero-order valence-corrected chi connectivity index (χ0v) is 20.0. The van der Waals surface area contributed by atoms with Gasteiger partial charge in [0.1, 0.15) is 0 Å². The highest BCUT2D eigenvalue weighted by Gasteiger charge is 2.50. The molecule has 3 nitrogen and oxygen atoms in total. The van der Waals surface area contributed by atoms with Crippen LogP contribution in [0, 0.1) is 23.2 Å². The van der Waals surface area contributed by atoms with E-state index in [1.807, 2.05) is 19.9 Å². The van der Waals surface area contributed by atoms with Gasteiger partial charge in [0.05, 0.1) is 11.7 Å². The minimum absolute atomic E-state index is 0.0953. The normalized spacial score (nSPS) is 40.4. The first-order chi connectivity index (χ1) is 14.3. The number of hydrogen-bond donors (Lipinski definition) is 3. The van der Waals surface area contributed by atoms with Gasteiger partial charge in [0, 0.05) is 12.0 Å². The Bertz CT molecular complexity index is 729. The second kappa shape index (κ2) is 9.11. The summed E-state index contributed by atoms with van der Waals surface area (Å²) in [5.74, 6) is -0.631. The first-order valence-corrected chi connectivity index (χ1v) is 12.2. The van der Waals surface area contributed by atoms with Crippen molar-refractivity contribution in [3.63, 3.8) is 0 Å². The maximum Gasteiger partial charge on any atom is 0.235 e. The molecule has 3 aliphatic carbocycles. The van der Waals surface area contributed by atoms with Crippen LogP contribution in [0.4, 0.5) is 4.39 Å². The molecule has 31 heavy (non-hydrogen) atoms. The lowest BCUT2D eigenvalue weighted by atomic mass is 9.60. The Morgan fingerprint density at radius 3 is 2.68 bits per heavy atom. The molecule has 0 aromatic rings. The van der Waals surface area contributed by atoms with E-state index in [0.717, 1.165) is 25.7 Å². The van der Waals surface area contributed by atoms with E-state index in [1.165, 1.54) is 31.3 Å². The average Bonchev–Trinajstić information content (AvgIpc) is 2.99. The third kappa shape index (κ3) is 5.51. The molecule has 3 saturated carbocycles. The van der Waals surface area contributed by atoms with Gasteiger partial charge >= 0.3 is 0 Å². The minimum Gasteiger partial charge on any atom is -0.393 e. The number of fused-ring (bicyclic) bond motifs is 1. The number of rotatable bonds is 6. The van der Waals surface area contributed by atoms with Crippen molar-refractivity contribution in [2.45, 2.75) is 109 Å². The van der Waals surface area contributed by atoms with Crippen LogP contribution >= 0.6 is 0 Å². The summed E-state index contributed by atoms with van der Waals surface area (Å²) in [6.45, 7) is 12.4.